The van der Waals surface area contributed by atoms with Crippen molar-refractivity contribution in [2.24, 2.45) is 5.41 Å². The number of thioether (sulfide) groups is 8. The summed E-state index contributed by atoms with van der Waals surface area (Å²) in [5, 5.41) is 2.31. The monoisotopic (exact) mass is 544 g/mol. The van der Waals surface area contributed by atoms with Crippen molar-refractivity contribution in [2.75, 3.05) is 31.5 Å². The molecule has 0 unspecified atom stereocenters. The van der Waals surface area contributed by atoms with E-state index in [9.17, 15) is 0 Å². The second kappa shape index (κ2) is 9.27. The summed E-state index contributed by atoms with van der Waals surface area (Å²) in [5.41, 5.74) is 1.47. The Labute approximate surface area is 210 Å². The van der Waals surface area contributed by atoms with Crippen LogP contribution in [0.3, 0.4) is 0 Å². The zero-order chi connectivity index (χ0) is 20.0. The van der Waals surface area contributed by atoms with Gasteiger partial charge in [0, 0.05) is 21.8 Å². The van der Waals surface area contributed by atoms with E-state index in [1.54, 1.807) is 0 Å². The maximum absolute atomic E-state index is 5.63. The molecule has 5 heterocycles. The van der Waals surface area contributed by atoms with Crippen molar-refractivity contribution in [3.05, 3.63) is 66.7 Å². The highest BCUT2D eigenvalue weighted by Gasteiger charge is 2.40. The van der Waals surface area contributed by atoms with E-state index in [2.05, 4.69) is 35.7 Å². The van der Waals surface area contributed by atoms with Crippen molar-refractivity contribution in [2.45, 2.75) is 0 Å². The van der Waals surface area contributed by atoms with Crippen molar-refractivity contribution in [1.29, 1.82) is 0 Å². The molecule has 0 amide bonds. The zero-order valence-electron chi connectivity index (χ0n) is 15.6. The third-order valence-corrected chi connectivity index (χ3v) is 17.0. The Morgan fingerprint density at radius 2 is 1.27 bits per heavy atom. The predicted molar refractivity (Wildman–Crippen MR) is 145 cm³/mol. The van der Waals surface area contributed by atoms with Crippen LogP contribution < -0.4 is 0 Å². The van der Waals surface area contributed by atoms with Gasteiger partial charge in [-0.2, -0.15) is 0 Å². The van der Waals surface area contributed by atoms with E-state index in [1.807, 2.05) is 94.1 Å². The van der Waals surface area contributed by atoms with Crippen molar-refractivity contribution in [3.63, 3.8) is 0 Å². The first-order valence-electron chi connectivity index (χ1n) is 9.23. The van der Waals surface area contributed by atoms with Gasteiger partial charge < -0.3 is 9.47 Å². The molecular weight excluding hydrogens is 529 g/mol. The Bertz CT molecular complexity index is 967. The zero-order valence-corrected chi connectivity index (χ0v) is 22.1. The Hall–Kier alpha value is 0.900. The standard InChI is InChI=1S/C20H16O2S8/c1-2-4-12(5-3-1)13-6-23-16-17(26-13)30-19(29-16)18-27-14-15(28-18)25-10-20(9-24-14)7-21-11-22-8-20/h1-6H,7-11H2. The third kappa shape index (κ3) is 4.35. The van der Waals surface area contributed by atoms with E-state index in [-0.39, 0.29) is 5.41 Å². The highest BCUT2D eigenvalue weighted by molar-refractivity contribution is 8.46. The van der Waals surface area contributed by atoms with Crippen LogP contribution in [0, 0.1) is 5.41 Å². The fourth-order valence-electron chi connectivity index (χ4n) is 3.25. The average molecular weight is 545 g/mol. The first-order valence-corrected chi connectivity index (χ1v) is 16.2. The third-order valence-electron chi connectivity index (χ3n) is 4.78. The lowest BCUT2D eigenvalue weighted by Gasteiger charge is -2.35. The minimum atomic E-state index is 0.163. The minimum Gasteiger partial charge on any atom is -0.355 e. The van der Waals surface area contributed by atoms with Gasteiger partial charge in [0.15, 0.2) is 0 Å². The molecule has 0 aromatic heterocycles. The van der Waals surface area contributed by atoms with Crippen LogP contribution in [0.1, 0.15) is 5.56 Å². The van der Waals surface area contributed by atoms with Crippen LogP contribution in [0.5, 0.6) is 0 Å². The molecule has 5 aliphatic rings. The van der Waals surface area contributed by atoms with Crippen LogP contribution in [0.15, 0.2) is 61.2 Å². The van der Waals surface area contributed by atoms with Gasteiger partial charge >= 0.3 is 0 Å². The number of hydrogen-bond donors (Lipinski definition) is 0. The summed E-state index contributed by atoms with van der Waals surface area (Å²) in [7, 11) is 0. The van der Waals surface area contributed by atoms with E-state index < -0.39 is 0 Å². The van der Waals surface area contributed by atoms with E-state index >= 15 is 0 Å². The van der Waals surface area contributed by atoms with Gasteiger partial charge in [-0.25, -0.2) is 0 Å². The van der Waals surface area contributed by atoms with Crippen molar-refractivity contribution in [1.82, 2.24) is 0 Å². The lowest BCUT2D eigenvalue weighted by atomic mass is 9.95. The van der Waals surface area contributed by atoms with Gasteiger partial charge in [-0.15, -0.1) is 23.5 Å². The highest BCUT2D eigenvalue weighted by Crippen LogP contribution is 2.69. The molecule has 2 nitrogen and oxygen atoms in total. The van der Waals surface area contributed by atoms with Gasteiger partial charge in [0.05, 0.1) is 38.6 Å². The maximum Gasteiger partial charge on any atom is 0.146 e. The van der Waals surface area contributed by atoms with E-state index in [0.717, 1.165) is 24.7 Å². The first kappa shape index (κ1) is 21.4. The molecule has 0 N–H and O–H groups in total. The molecule has 1 aromatic carbocycles. The van der Waals surface area contributed by atoms with Crippen LogP contribution in [0.2, 0.25) is 0 Å². The summed E-state index contributed by atoms with van der Waals surface area (Å²) in [5.74, 6) is 2.17. The molecule has 1 saturated heterocycles. The molecule has 0 atom stereocenters. The lowest BCUT2D eigenvalue weighted by Crippen LogP contribution is -2.41. The largest absolute Gasteiger partial charge is 0.355 e. The van der Waals surface area contributed by atoms with Crippen molar-refractivity contribution < 1.29 is 9.47 Å². The molecule has 0 bridgehead atoms. The van der Waals surface area contributed by atoms with Gasteiger partial charge in [0.1, 0.15) is 6.79 Å². The Morgan fingerprint density at radius 1 is 0.667 bits per heavy atom. The lowest BCUT2D eigenvalue weighted by molar-refractivity contribution is -0.150. The SMILES string of the molecule is C1=C(c2ccccc2)SC2=C(S1)SC(=C1SC3=C(SCC4(COCOC4)CS3)S1)S2. The Balaban J connectivity index is 1.12. The number of hydrogen-bond acceptors (Lipinski definition) is 10. The fraction of sp³-hybridized carbons (Fsp3) is 0.300. The highest BCUT2D eigenvalue weighted by atomic mass is 32.3. The van der Waals surface area contributed by atoms with Gasteiger partial charge in [-0.3, -0.25) is 0 Å². The topological polar surface area (TPSA) is 18.5 Å². The molecule has 5 aliphatic heterocycles. The first-order chi connectivity index (χ1) is 14.8. The average Bonchev–Trinajstić information content (AvgIpc) is 3.37. The summed E-state index contributed by atoms with van der Waals surface area (Å²) in [6.07, 6.45) is 0. The van der Waals surface area contributed by atoms with Crippen LogP contribution in [0.25, 0.3) is 4.91 Å². The minimum absolute atomic E-state index is 0.163. The fourth-order valence-corrected chi connectivity index (χ4v) is 15.5. The second-order valence-electron chi connectivity index (χ2n) is 7.09. The summed E-state index contributed by atoms with van der Waals surface area (Å²) in [4.78, 5) is 1.35. The second-order valence-corrected chi connectivity index (χ2v) is 16.6. The van der Waals surface area contributed by atoms with E-state index in [4.69, 9.17) is 9.47 Å². The molecule has 0 saturated carbocycles. The normalized spacial score (nSPS) is 26.1. The summed E-state index contributed by atoms with van der Waals surface area (Å²) >= 11 is 15.7. The molecule has 0 aliphatic carbocycles. The molecule has 1 fully saturated rings. The molecule has 1 aromatic rings. The summed E-state index contributed by atoms with van der Waals surface area (Å²) in [6, 6.07) is 10.7. The molecule has 1 spiro atoms. The van der Waals surface area contributed by atoms with Gasteiger partial charge in [-0.05, 0) is 11.0 Å². The maximum atomic E-state index is 5.63. The van der Waals surface area contributed by atoms with E-state index in [0.29, 0.717) is 6.79 Å². The van der Waals surface area contributed by atoms with Gasteiger partial charge in [-0.1, -0.05) is 101 Å². The molecule has 0 radical (unpaired) electrons. The smallest absolute Gasteiger partial charge is 0.146 e. The Morgan fingerprint density at radius 3 is 1.97 bits per heavy atom. The van der Waals surface area contributed by atoms with Crippen LogP contribution in [-0.4, -0.2) is 31.5 Å². The molecule has 156 valence electrons. The van der Waals surface area contributed by atoms with Crippen LogP contribution >= 0.6 is 94.1 Å². The molecular formula is C20H16O2S8. The molecule has 6 rings (SSSR count). The van der Waals surface area contributed by atoms with Crippen LogP contribution in [0.4, 0.5) is 0 Å². The van der Waals surface area contributed by atoms with E-state index in [1.165, 1.54) is 35.9 Å². The van der Waals surface area contributed by atoms with Crippen molar-refractivity contribution in [3.8, 4) is 0 Å². The summed E-state index contributed by atoms with van der Waals surface area (Å²) in [6.45, 7) is 2.10. The quantitative estimate of drug-likeness (QED) is 0.342. The van der Waals surface area contributed by atoms with Gasteiger partial charge in [0.2, 0.25) is 0 Å². The Kier molecular flexibility index (Phi) is 6.62. The van der Waals surface area contributed by atoms with Gasteiger partial charge in [0.25, 0.3) is 0 Å². The number of ether oxygens (including phenoxy) is 2. The predicted octanol–water partition coefficient (Wildman–Crippen LogP) is 8.28. The molecule has 10 heteroatoms. The van der Waals surface area contributed by atoms with Crippen LogP contribution in [-0.2, 0) is 9.47 Å². The van der Waals surface area contributed by atoms with Crippen molar-refractivity contribution >= 4 is 99.0 Å². The summed E-state index contributed by atoms with van der Waals surface area (Å²) < 4.78 is 20.0. The number of rotatable bonds is 1. The number of benzene rings is 1. The molecule has 30 heavy (non-hydrogen) atoms.